The zero-order chi connectivity index (χ0) is 20.1. The molecule has 1 aliphatic carbocycles. The van der Waals surface area contributed by atoms with Gasteiger partial charge >= 0.3 is 0 Å². The maximum absolute atomic E-state index is 12.1. The van der Waals surface area contributed by atoms with Crippen LogP contribution >= 0.6 is 0 Å². The molecule has 0 aromatic carbocycles. The van der Waals surface area contributed by atoms with E-state index in [1.807, 2.05) is 49.7 Å². The van der Waals surface area contributed by atoms with E-state index in [2.05, 4.69) is 6.07 Å². The molecule has 7 heteroatoms. The van der Waals surface area contributed by atoms with Gasteiger partial charge in [0.25, 0.3) is 0 Å². The van der Waals surface area contributed by atoms with Crippen LogP contribution in [-0.2, 0) is 23.2 Å². The molecule has 0 radical (unpaired) electrons. The highest BCUT2D eigenvalue weighted by molar-refractivity contribution is 5.77. The fourth-order valence-electron chi connectivity index (χ4n) is 3.75. The quantitative estimate of drug-likeness (QED) is 0.726. The minimum absolute atomic E-state index is 0.0613. The van der Waals surface area contributed by atoms with Crippen LogP contribution in [0.4, 0.5) is 0 Å². The summed E-state index contributed by atoms with van der Waals surface area (Å²) < 4.78 is 1.90. The van der Waals surface area contributed by atoms with Gasteiger partial charge in [-0.15, -0.1) is 0 Å². The predicted octanol–water partition coefficient (Wildman–Crippen LogP) is 1.69. The smallest absolute Gasteiger partial charge is 0.236 e. The number of nitrogens with zero attached hydrogens (tertiary/aromatic N) is 5. The van der Waals surface area contributed by atoms with E-state index in [4.69, 9.17) is 5.10 Å². The molecule has 0 atom stereocenters. The molecule has 1 aromatic heterocycles. The van der Waals surface area contributed by atoms with Crippen molar-refractivity contribution in [1.82, 2.24) is 24.5 Å². The molecular formula is C20H35N5O2. The van der Waals surface area contributed by atoms with E-state index in [-0.39, 0.29) is 11.8 Å². The Balaban J connectivity index is 1.87. The number of carbonyl (C=O) groups excluding carboxylic acids is 2. The van der Waals surface area contributed by atoms with Gasteiger partial charge in [0.05, 0.1) is 24.5 Å². The molecular weight excluding hydrogens is 342 g/mol. The van der Waals surface area contributed by atoms with Gasteiger partial charge in [0.15, 0.2) is 0 Å². The Labute approximate surface area is 163 Å². The highest BCUT2D eigenvalue weighted by Gasteiger charge is 2.26. The van der Waals surface area contributed by atoms with Crippen molar-refractivity contribution in [3.63, 3.8) is 0 Å². The van der Waals surface area contributed by atoms with Crippen LogP contribution in [0.1, 0.15) is 49.9 Å². The number of aryl methyl sites for hydroxylation is 1. The molecule has 27 heavy (non-hydrogen) atoms. The predicted molar refractivity (Wildman–Crippen MR) is 106 cm³/mol. The number of amides is 2. The highest BCUT2D eigenvalue weighted by Crippen LogP contribution is 2.35. The highest BCUT2D eigenvalue weighted by atomic mass is 16.2. The molecule has 1 saturated carbocycles. The second-order valence-electron chi connectivity index (χ2n) is 8.29. The lowest BCUT2D eigenvalue weighted by Crippen LogP contribution is -2.38. The number of hydrogen-bond donors (Lipinski definition) is 0. The van der Waals surface area contributed by atoms with E-state index in [0.29, 0.717) is 24.9 Å². The summed E-state index contributed by atoms with van der Waals surface area (Å²) in [6, 6.07) is 2.15. The fourth-order valence-corrected chi connectivity index (χ4v) is 3.75. The van der Waals surface area contributed by atoms with E-state index in [1.165, 1.54) is 0 Å². The lowest BCUT2D eigenvalue weighted by Gasteiger charge is -2.31. The fraction of sp³-hybridized carbons (Fsp3) is 0.750. The molecule has 0 aliphatic heterocycles. The average molecular weight is 378 g/mol. The summed E-state index contributed by atoms with van der Waals surface area (Å²) in [5.41, 5.74) is 2.21. The first kappa shape index (κ1) is 21.4. The minimum atomic E-state index is 0.0613. The molecule has 1 fully saturated rings. The van der Waals surface area contributed by atoms with Gasteiger partial charge in [-0.1, -0.05) is 0 Å². The SMILES string of the molecule is CC(=O)N(C)Cc1cc(C2CCC(CN(C)C(=O)CN(C)C)CC2)nn1C. The van der Waals surface area contributed by atoms with E-state index in [1.54, 1.807) is 11.8 Å². The third-order valence-corrected chi connectivity index (χ3v) is 5.61. The second-order valence-corrected chi connectivity index (χ2v) is 8.29. The number of hydrogen-bond acceptors (Lipinski definition) is 4. The van der Waals surface area contributed by atoms with Gasteiger partial charge in [0, 0.05) is 40.5 Å². The first-order valence-corrected chi connectivity index (χ1v) is 9.80. The summed E-state index contributed by atoms with van der Waals surface area (Å²) in [7, 11) is 9.52. The standard InChI is InChI=1S/C20H35N5O2/c1-15(26)23(4)13-18-11-19(21-25(18)6)17-9-7-16(8-10-17)12-24(5)20(27)14-22(2)3/h11,16-17H,7-10,12-14H2,1-6H3. The normalized spacial score (nSPS) is 20.0. The first-order chi connectivity index (χ1) is 12.7. The summed E-state index contributed by atoms with van der Waals surface area (Å²) in [5, 5.41) is 4.70. The Morgan fingerprint density at radius 2 is 1.74 bits per heavy atom. The maximum atomic E-state index is 12.1. The molecule has 0 saturated heterocycles. The lowest BCUT2D eigenvalue weighted by atomic mass is 9.80. The lowest BCUT2D eigenvalue weighted by molar-refractivity contribution is -0.131. The summed E-state index contributed by atoms with van der Waals surface area (Å²) in [6.07, 6.45) is 4.48. The van der Waals surface area contributed by atoms with E-state index >= 15 is 0 Å². The van der Waals surface area contributed by atoms with Gasteiger partial charge in [-0.05, 0) is 51.8 Å². The molecule has 152 valence electrons. The van der Waals surface area contributed by atoms with Crippen LogP contribution in [0.5, 0.6) is 0 Å². The van der Waals surface area contributed by atoms with Crippen molar-refractivity contribution in [2.75, 3.05) is 41.3 Å². The van der Waals surface area contributed by atoms with Crippen LogP contribution in [0, 0.1) is 5.92 Å². The Bertz CT molecular complexity index is 647. The zero-order valence-corrected chi connectivity index (χ0v) is 17.7. The topological polar surface area (TPSA) is 61.7 Å². The van der Waals surface area contributed by atoms with Crippen LogP contribution < -0.4 is 0 Å². The van der Waals surface area contributed by atoms with E-state index < -0.39 is 0 Å². The van der Waals surface area contributed by atoms with Gasteiger partial charge in [-0.2, -0.15) is 5.10 Å². The van der Waals surface area contributed by atoms with Gasteiger partial charge in [0.1, 0.15) is 0 Å². The molecule has 1 aliphatic rings. The zero-order valence-electron chi connectivity index (χ0n) is 17.7. The molecule has 1 heterocycles. The monoisotopic (exact) mass is 377 g/mol. The number of aromatic nitrogens is 2. The van der Waals surface area contributed by atoms with E-state index in [9.17, 15) is 9.59 Å². The molecule has 2 amide bonds. The minimum Gasteiger partial charge on any atom is -0.344 e. The van der Waals surface area contributed by atoms with Crippen molar-refractivity contribution < 1.29 is 9.59 Å². The molecule has 7 nitrogen and oxygen atoms in total. The Morgan fingerprint density at radius 3 is 2.30 bits per heavy atom. The van der Waals surface area contributed by atoms with Gasteiger partial charge in [-0.3, -0.25) is 14.3 Å². The van der Waals surface area contributed by atoms with Gasteiger partial charge in [0.2, 0.25) is 11.8 Å². The number of rotatable bonds is 7. The Kier molecular flexibility index (Phi) is 7.41. The molecule has 0 N–H and O–H groups in total. The van der Waals surface area contributed by atoms with E-state index in [0.717, 1.165) is 43.6 Å². The molecule has 1 aromatic rings. The van der Waals surface area contributed by atoms with Crippen molar-refractivity contribution in [1.29, 1.82) is 0 Å². The second kappa shape index (κ2) is 9.35. The van der Waals surface area contributed by atoms with Crippen LogP contribution in [-0.4, -0.2) is 77.6 Å². The average Bonchev–Trinajstić information content (AvgIpc) is 2.95. The maximum Gasteiger partial charge on any atom is 0.236 e. The Morgan fingerprint density at radius 1 is 1.11 bits per heavy atom. The van der Waals surface area contributed by atoms with Crippen molar-refractivity contribution in [2.24, 2.45) is 13.0 Å². The molecule has 0 bridgehead atoms. The number of likely N-dealkylation sites (N-methyl/N-ethyl adjacent to an activating group) is 2. The third-order valence-electron chi connectivity index (χ3n) is 5.61. The van der Waals surface area contributed by atoms with Crippen molar-refractivity contribution >= 4 is 11.8 Å². The number of carbonyl (C=O) groups is 2. The van der Waals surface area contributed by atoms with Gasteiger partial charge < -0.3 is 14.7 Å². The van der Waals surface area contributed by atoms with Crippen molar-refractivity contribution in [2.45, 2.75) is 45.1 Å². The van der Waals surface area contributed by atoms with Crippen LogP contribution in [0.3, 0.4) is 0 Å². The van der Waals surface area contributed by atoms with Crippen LogP contribution in [0.25, 0.3) is 0 Å². The molecule has 2 rings (SSSR count). The Hall–Kier alpha value is -1.89. The largest absolute Gasteiger partial charge is 0.344 e. The first-order valence-electron chi connectivity index (χ1n) is 9.80. The molecule has 0 spiro atoms. The van der Waals surface area contributed by atoms with Crippen molar-refractivity contribution in [3.05, 3.63) is 17.5 Å². The third kappa shape index (κ3) is 6.06. The van der Waals surface area contributed by atoms with Crippen LogP contribution in [0.15, 0.2) is 6.07 Å². The van der Waals surface area contributed by atoms with Gasteiger partial charge in [-0.25, -0.2) is 0 Å². The summed E-state index contributed by atoms with van der Waals surface area (Å²) in [5.74, 6) is 1.30. The molecule has 0 unspecified atom stereocenters. The summed E-state index contributed by atoms with van der Waals surface area (Å²) >= 11 is 0. The van der Waals surface area contributed by atoms with Crippen molar-refractivity contribution in [3.8, 4) is 0 Å². The summed E-state index contributed by atoms with van der Waals surface area (Å²) in [4.78, 5) is 29.1. The van der Waals surface area contributed by atoms with Crippen LogP contribution in [0.2, 0.25) is 0 Å². The summed E-state index contributed by atoms with van der Waals surface area (Å²) in [6.45, 7) is 3.49.